The Kier molecular flexibility index (Phi) is 4.36. The molecule has 2 heterocycles. The van der Waals surface area contributed by atoms with E-state index in [4.69, 9.17) is 4.74 Å². The van der Waals surface area contributed by atoms with E-state index in [2.05, 4.69) is 17.0 Å². The molecule has 2 saturated heterocycles. The van der Waals surface area contributed by atoms with Gasteiger partial charge in [0.15, 0.2) is 0 Å². The number of carbonyl (C=O) groups excluding carboxylic acids is 1. The molecule has 0 spiro atoms. The molecule has 26 heavy (non-hydrogen) atoms. The second-order valence-electron chi connectivity index (χ2n) is 8.91. The molecule has 4 rings (SSSR count). The summed E-state index contributed by atoms with van der Waals surface area (Å²) in [7, 11) is 0. The Morgan fingerprint density at radius 1 is 1.15 bits per heavy atom. The third-order valence-electron chi connectivity index (χ3n) is 5.75. The summed E-state index contributed by atoms with van der Waals surface area (Å²) in [5.41, 5.74) is 0.552. The van der Waals surface area contributed by atoms with Crippen molar-refractivity contribution in [3.05, 3.63) is 30.3 Å². The highest BCUT2D eigenvalue weighted by atomic mass is 19.1. The highest BCUT2D eigenvalue weighted by Crippen LogP contribution is 2.44. The number of hydrogen-bond donors (Lipinski definition) is 0. The van der Waals surface area contributed by atoms with Gasteiger partial charge < -0.3 is 9.64 Å². The molecule has 0 unspecified atom stereocenters. The molecule has 1 aliphatic carbocycles. The summed E-state index contributed by atoms with van der Waals surface area (Å²) in [4.78, 5) is 16.6. The number of piperidine rings is 1. The van der Waals surface area contributed by atoms with Gasteiger partial charge in [-0.25, -0.2) is 9.18 Å². The molecule has 1 aromatic carbocycles. The van der Waals surface area contributed by atoms with Crippen LogP contribution >= 0.6 is 0 Å². The van der Waals surface area contributed by atoms with Crippen LogP contribution in [0.4, 0.5) is 14.9 Å². The average molecular weight is 360 g/mol. The van der Waals surface area contributed by atoms with E-state index in [1.165, 1.54) is 0 Å². The van der Waals surface area contributed by atoms with Crippen LogP contribution in [0, 0.1) is 0 Å². The third-order valence-corrected chi connectivity index (χ3v) is 5.75. The number of fused-ring (bicyclic) bond motifs is 2. The first-order valence-corrected chi connectivity index (χ1v) is 9.84. The van der Waals surface area contributed by atoms with Gasteiger partial charge in [0.1, 0.15) is 11.8 Å². The van der Waals surface area contributed by atoms with Gasteiger partial charge in [0.25, 0.3) is 0 Å². The molecular weight excluding hydrogens is 331 g/mol. The van der Waals surface area contributed by atoms with E-state index in [0.29, 0.717) is 12.5 Å². The van der Waals surface area contributed by atoms with E-state index in [-0.39, 0.29) is 24.2 Å². The molecule has 2 bridgehead atoms. The lowest BCUT2D eigenvalue weighted by atomic mass is 9.93. The maximum absolute atomic E-state index is 15.6. The fourth-order valence-corrected chi connectivity index (χ4v) is 4.61. The minimum absolute atomic E-state index is 0.0804. The second-order valence-corrected chi connectivity index (χ2v) is 8.91. The summed E-state index contributed by atoms with van der Waals surface area (Å²) in [5, 5.41) is 0. The molecule has 0 radical (unpaired) electrons. The van der Waals surface area contributed by atoms with Crippen molar-refractivity contribution in [1.82, 2.24) is 4.90 Å². The minimum atomic E-state index is -1.04. The monoisotopic (exact) mass is 360 g/mol. The zero-order valence-electron chi connectivity index (χ0n) is 15.9. The van der Waals surface area contributed by atoms with Crippen LogP contribution in [-0.2, 0) is 4.74 Å². The predicted octanol–water partition coefficient (Wildman–Crippen LogP) is 4.53. The van der Waals surface area contributed by atoms with Gasteiger partial charge in [0.05, 0.1) is 12.1 Å². The number of benzene rings is 1. The highest BCUT2D eigenvalue weighted by molar-refractivity contribution is 5.70. The SMILES string of the molecule is CC(C)(C)OC(=O)N1[C@@H]2CC[C@H]1[C@H](F)[C@H](N(c1ccccc1)C1CC1)C2. The van der Waals surface area contributed by atoms with Crippen LogP contribution in [0.5, 0.6) is 0 Å². The Labute approximate surface area is 155 Å². The summed E-state index contributed by atoms with van der Waals surface area (Å²) in [6.45, 7) is 5.57. The lowest BCUT2D eigenvalue weighted by Crippen LogP contribution is -2.60. The number of anilines is 1. The van der Waals surface area contributed by atoms with Crippen LogP contribution in [0.1, 0.15) is 52.9 Å². The van der Waals surface area contributed by atoms with Crippen LogP contribution in [-0.4, -0.2) is 46.9 Å². The summed E-state index contributed by atoms with van der Waals surface area (Å²) in [6.07, 6.45) is 3.14. The molecule has 1 aromatic rings. The van der Waals surface area contributed by atoms with Crippen LogP contribution in [0.2, 0.25) is 0 Å². The lowest BCUT2D eigenvalue weighted by molar-refractivity contribution is -0.0108. The number of para-hydroxylation sites is 1. The van der Waals surface area contributed by atoms with Gasteiger partial charge in [-0.05, 0) is 65.0 Å². The van der Waals surface area contributed by atoms with Crippen LogP contribution < -0.4 is 4.90 Å². The summed E-state index contributed by atoms with van der Waals surface area (Å²) in [6, 6.07) is 10.2. The molecule has 3 aliphatic rings. The van der Waals surface area contributed by atoms with Gasteiger partial charge >= 0.3 is 6.09 Å². The lowest BCUT2D eigenvalue weighted by Gasteiger charge is -2.46. The number of alkyl halides is 1. The Hall–Kier alpha value is -1.78. The zero-order valence-corrected chi connectivity index (χ0v) is 15.9. The predicted molar refractivity (Wildman–Crippen MR) is 100 cm³/mol. The number of hydrogen-bond acceptors (Lipinski definition) is 3. The van der Waals surface area contributed by atoms with Crippen LogP contribution in [0.15, 0.2) is 30.3 Å². The average Bonchev–Trinajstić information content (AvgIpc) is 3.33. The molecule has 5 heteroatoms. The van der Waals surface area contributed by atoms with Crippen molar-refractivity contribution >= 4 is 11.8 Å². The Balaban J connectivity index is 1.56. The van der Waals surface area contributed by atoms with Crippen molar-refractivity contribution in [2.24, 2.45) is 0 Å². The fourth-order valence-electron chi connectivity index (χ4n) is 4.61. The summed E-state index contributed by atoms with van der Waals surface area (Å²) < 4.78 is 21.2. The van der Waals surface area contributed by atoms with Crippen molar-refractivity contribution < 1.29 is 13.9 Å². The standard InChI is InChI=1S/C21H29FN2O2/c1-21(2,3)26-20(25)24-16-11-12-17(24)19(22)18(13-16)23(15-9-10-15)14-7-5-4-6-8-14/h4-8,15-19H,9-13H2,1-3H3/t16-,17+,18-,19+/m1/s1. The number of halogens is 1. The summed E-state index contributed by atoms with van der Waals surface area (Å²) >= 11 is 0. The molecule has 4 atom stereocenters. The van der Waals surface area contributed by atoms with E-state index in [1.807, 2.05) is 39.0 Å². The van der Waals surface area contributed by atoms with Gasteiger partial charge in [0.2, 0.25) is 0 Å². The largest absolute Gasteiger partial charge is 0.444 e. The molecule has 4 nitrogen and oxygen atoms in total. The van der Waals surface area contributed by atoms with E-state index in [0.717, 1.165) is 31.4 Å². The summed E-state index contributed by atoms with van der Waals surface area (Å²) in [5.74, 6) is 0. The molecule has 142 valence electrons. The first-order chi connectivity index (χ1) is 12.3. The van der Waals surface area contributed by atoms with Crippen molar-refractivity contribution in [3.63, 3.8) is 0 Å². The van der Waals surface area contributed by atoms with Gasteiger partial charge in [-0.3, -0.25) is 4.90 Å². The normalized spacial score (nSPS) is 31.0. The minimum Gasteiger partial charge on any atom is -0.444 e. The Morgan fingerprint density at radius 3 is 2.46 bits per heavy atom. The first kappa shape index (κ1) is 17.6. The smallest absolute Gasteiger partial charge is 0.410 e. The van der Waals surface area contributed by atoms with Gasteiger partial charge in [-0.2, -0.15) is 0 Å². The molecule has 3 fully saturated rings. The van der Waals surface area contributed by atoms with E-state index in [1.54, 1.807) is 4.90 Å². The Bertz CT molecular complexity index is 656. The second kappa shape index (κ2) is 6.43. The Morgan fingerprint density at radius 2 is 1.85 bits per heavy atom. The number of carbonyl (C=O) groups is 1. The van der Waals surface area contributed by atoms with Crippen LogP contribution in [0.3, 0.4) is 0 Å². The maximum atomic E-state index is 15.6. The number of nitrogens with zero attached hydrogens (tertiary/aromatic N) is 2. The number of ether oxygens (including phenoxy) is 1. The fraction of sp³-hybridized carbons (Fsp3) is 0.667. The molecule has 0 aromatic heterocycles. The van der Waals surface area contributed by atoms with Crippen molar-refractivity contribution in [2.45, 2.75) is 88.8 Å². The first-order valence-electron chi connectivity index (χ1n) is 9.84. The topological polar surface area (TPSA) is 32.8 Å². The van der Waals surface area contributed by atoms with E-state index in [9.17, 15) is 4.79 Å². The molecule has 1 amide bonds. The molecule has 0 N–H and O–H groups in total. The number of amides is 1. The molecular formula is C21H29FN2O2. The molecule has 1 saturated carbocycles. The highest BCUT2D eigenvalue weighted by Gasteiger charge is 2.53. The van der Waals surface area contributed by atoms with E-state index >= 15 is 4.39 Å². The maximum Gasteiger partial charge on any atom is 0.410 e. The van der Waals surface area contributed by atoms with Crippen LogP contribution in [0.25, 0.3) is 0 Å². The third kappa shape index (κ3) is 3.28. The molecule has 2 aliphatic heterocycles. The zero-order chi connectivity index (χ0) is 18.5. The van der Waals surface area contributed by atoms with Crippen molar-refractivity contribution in [1.29, 1.82) is 0 Å². The van der Waals surface area contributed by atoms with Crippen molar-refractivity contribution in [3.8, 4) is 0 Å². The van der Waals surface area contributed by atoms with Gasteiger partial charge in [-0.15, -0.1) is 0 Å². The van der Waals surface area contributed by atoms with Crippen molar-refractivity contribution in [2.75, 3.05) is 4.90 Å². The quantitative estimate of drug-likeness (QED) is 0.794. The van der Waals surface area contributed by atoms with Gasteiger partial charge in [-0.1, -0.05) is 18.2 Å². The van der Waals surface area contributed by atoms with E-state index < -0.39 is 11.8 Å². The number of rotatable bonds is 3. The van der Waals surface area contributed by atoms with Gasteiger partial charge in [0, 0.05) is 17.8 Å².